The van der Waals surface area contributed by atoms with Gasteiger partial charge in [0.25, 0.3) is 0 Å². The molecule has 0 atom stereocenters. The normalized spacial score (nSPS) is 11.2. The van der Waals surface area contributed by atoms with Gasteiger partial charge >= 0.3 is 0 Å². The Balaban J connectivity index is 1.72. The molecule has 2 aromatic heterocycles. The standard InChI is InChI=1S/C20H22N4OS/c1-13-5-7-17(8-6-13)12-24-16(4)18(15(3)23-24)9-10-19(25)22-20-21-11-14(2)26-20/h5-11H,12H2,1-4H3,(H,21,22,25). The summed E-state index contributed by atoms with van der Waals surface area (Å²) >= 11 is 1.46. The summed E-state index contributed by atoms with van der Waals surface area (Å²) in [7, 11) is 0. The van der Waals surface area contributed by atoms with Crippen LogP contribution in [0.4, 0.5) is 5.13 Å². The van der Waals surface area contributed by atoms with E-state index in [-0.39, 0.29) is 5.91 Å². The van der Waals surface area contributed by atoms with Gasteiger partial charge < -0.3 is 0 Å². The van der Waals surface area contributed by atoms with E-state index in [9.17, 15) is 4.79 Å². The fourth-order valence-corrected chi connectivity index (χ4v) is 3.36. The van der Waals surface area contributed by atoms with Crippen molar-refractivity contribution in [1.29, 1.82) is 0 Å². The molecule has 0 unspecified atom stereocenters. The number of benzene rings is 1. The quantitative estimate of drug-likeness (QED) is 0.686. The molecule has 0 saturated carbocycles. The van der Waals surface area contributed by atoms with Crippen LogP contribution in [0.5, 0.6) is 0 Å². The number of anilines is 1. The molecule has 26 heavy (non-hydrogen) atoms. The van der Waals surface area contributed by atoms with E-state index >= 15 is 0 Å². The predicted octanol–water partition coefficient (Wildman–Crippen LogP) is 4.27. The third-order valence-electron chi connectivity index (χ3n) is 4.14. The molecule has 6 heteroatoms. The Bertz CT molecular complexity index is 951. The van der Waals surface area contributed by atoms with E-state index in [1.54, 1.807) is 6.20 Å². The summed E-state index contributed by atoms with van der Waals surface area (Å²) in [5, 5.41) is 8.01. The summed E-state index contributed by atoms with van der Waals surface area (Å²) < 4.78 is 1.97. The lowest BCUT2D eigenvalue weighted by Crippen LogP contribution is -2.07. The van der Waals surface area contributed by atoms with Crippen LogP contribution in [-0.2, 0) is 11.3 Å². The average molecular weight is 366 g/mol. The summed E-state index contributed by atoms with van der Waals surface area (Å²) in [4.78, 5) is 17.3. The third kappa shape index (κ3) is 4.26. The van der Waals surface area contributed by atoms with Crippen LogP contribution in [0.2, 0.25) is 0 Å². The summed E-state index contributed by atoms with van der Waals surface area (Å²) in [5.41, 5.74) is 5.37. The van der Waals surface area contributed by atoms with E-state index < -0.39 is 0 Å². The number of hydrogen-bond donors (Lipinski definition) is 1. The van der Waals surface area contributed by atoms with Crippen molar-refractivity contribution in [3.63, 3.8) is 0 Å². The Labute approximate surface area is 157 Å². The van der Waals surface area contributed by atoms with Gasteiger partial charge in [-0.15, -0.1) is 11.3 Å². The molecule has 1 N–H and O–H groups in total. The molecule has 0 aliphatic heterocycles. The highest BCUT2D eigenvalue weighted by Crippen LogP contribution is 2.18. The van der Waals surface area contributed by atoms with E-state index in [4.69, 9.17) is 0 Å². The van der Waals surface area contributed by atoms with Crippen LogP contribution in [0.3, 0.4) is 0 Å². The summed E-state index contributed by atoms with van der Waals surface area (Å²) in [6.45, 7) is 8.73. The van der Waals surface area contributed by atoms with Crippen molar-refractivity contribution in [2.45, 2.75) is 34.2 Å². The largest absolute Gasteiger partial charge is 0.298 e. The molecule has 134 valence electrons. The van der Waals surface area contributed by atoms with E-state index in [0.717, 1.165) is 21.8 Å². The van der Waals surface area contributed by atoms with Gasteiger partial charge in [-0.1, -0.05) is 29.8 Å². The number of amides is 1. The molecular weight excluding hydrogens is 344 g/mol. The Morgan fingerprint density at radius 3 is 2.58 bits per heavy atom. The zero-order valence-corrected chi connectivity index (χ0v) is 16.2. The first kappa shape index (κ1) is 18.1. The Kier molecular flexibility index (Phi) is 5.32. The van der Waals surface area contributed by atoms with Gasteiger partial charge in [0, 0.05) is 28.4 Å². The fourth-order valence-electron chi connectivity index (χ4n) is 2.69. The molecule has 0 radical (unpaired) electrons. The maximum atomic E-state index is 12.1. The second kappa shape index (κ2) is 7.66. The van der Waals surface area contributed by atoms with Gasteiger partial charge in [-0.05, 0) is 39.3 Å². The first-order chi connectivity index (χ1) is 12.4. The van der Waals surface area contributed by atoms with E-state index in [1.807, 2.05) is 31.5 Å². The molecule has 3 aromatic rings. The van der Waals surface area contributed by atoms with Gasteiger partial charge in [0.05, 0.1) is 12.2 Å². The van der Waals surface area contributed by atoms with Crippen molar-refractivity contribution in [1.82, 2.24) is 14.8 Å². The SMILES string of the molecule is Cc1ccc(Cn2nc(C)c(C=CC(=O)Nc3ncc(C)s3)c2C)cc1. The van der Waals surface area contributed by atoms with Crippen molar-refractivity contribution in [2.24, 2.45) is 0 Å². The molecule has 0 spiro atoms. The highest BCUT2D eigenvalue weighted by atomic mass is 32.1. The molecule has 5 nitrogen and oxygen atoms in total. The molecule has 0 bridgehead atoms. The maximum Gasteiger partial charge on any atom is 0.250 e. The molecule has 0 fully saturated rings. The van der Waals surface area contributed by atoms with Crippen molar-refractivity contribution in [2.75, 3.05) is 5.32 Å². The number of nitrogens with zero attached hydrogens (tertiary/aromatic N) is 3. The number of thiazole rings is 1. The minimum atomic E-state index is -0.190. The van der Waals surface area contributed by atoms with E-state index in [2.05, 4.69) is 46.6 Å². The predicted molar refractivity (Wildman–Crippen MR) is 106 cm³/mol. The van der Waals surface area contributed by atoms with Gasteiger partial charge in [0.1, 0.15) is 0 Å². The van der Waals surface area contributed by atoms with Crippen LogP contribution in [0.1, 0.15) is 33.0 Å². The lowest BCUT2D eigenvalue weighted by atomic mass is 10.1. The van der Waals surface area contributed by atoms with Crippen LogP contribution in [0, 0.1) is 27.7 Å². The van der Waals surface area contributed by atoms with Gasteiger partial charge in [-0.25, -0.2) is 4.98 Å². The molecule has 1 aromatic carbocycles. The monoisotopic (exact) mass is 366 g/mol. The molecule has 2 heterocycles. The molecular formula is C20H22N4OS. The van der Waals surface area contributed by atoms with Gasteiger partial charge in [0.2, 0.25) is 5.91 Å². The summed E-state index contributed by atoms with van der Waals surface area (Å²) in [5.74, 6) is -0.190. The molecule has 0 aliphatic carbocycles. The first-order valence-electron chi connectivity index (χ1n) is 8.43. The Hall–Kier alpha value is -2.73. The van der Waals surface area contributed by atoms with Crippen molar-refractivity contribution < 1.29 is 4.79 Å². The molecule has 0 aliphatic rings. The minimum absolute atomic E-state index is 0.190. The van der Waals surface area contributed by atoms with Crippen LogP contribution >= 0.6 is 11.3 Å². The van der Waals surface area contributed by atoms with Crippen LogP contribution < -0.4 is 5.32 Å². The number of carbonyl (C=O) groups is 1. The number of nitrogens with one attached hydrogen (secondary N) is 1. The smallest absolute Gasteiger partial charge is 0.250 e. The van der Waals surface area contributed by atoms with Crippen molar-refractivity contribution in [3.8, 4) is 0 Å². The van der Waals surface area contributed by atoms with Gasteiger partial charge in [0.15, 0.2) is 5.13 Å². The second-order valence-electron chi connectivity index (χ2n) is 6.33. The van der Waals surface area contributed by atoms with Crippen LogP contribution in [0.25, 0.3) is 6.08 Å². The van der Waals surface area contributed by atoms with Crippen molar-refractivity contribution in [3.05, 3.63) is 69.5 Å². The summed E-state index contributed by atoms with van der Waals surface area (Å²) in [6.07, 6.45) is 5.09. The zero-order chi connectivity index (χ0) is 18.7. The molecule has 1 amide bonds. The fraction of sp³-hybridized carbons (Fsp3) is 0.250. The maximum absolute atomic E-state index is 12.1. The highest BCUT2D eigenvalue weighted by molar-refractivity contribution is 7.15. The number of rotatable bonds is 5. The topological polar surface area (TPSA) is 59.8 Å². The average Bonchev–Trinajstić information content (AvgIpc) is 3.11. The first-order valence-corrected chi connectivity index (χ1v) is 9.25. The Morgan fingerprint density at radius 2 is 1.92 bits per heavy atom. The number of aryl methyl sites for hydroxylation is 3. The Morgan fingerprint density at radius 1 is 1.19 bits per heavy atom. The minimum Gasteiger partial charge on any atom is -0.298 e. The lowest BCUT2D eigenvalue weighted by Gasteiger charge is -2.05. The van der Waals surface area contributed by atoms with E-state index in [1.165, 1.54) is 28.5 Å². The third-order valence-corrected chi connectivity index (χ3v) is 4.97. The van der Waals surface area contributed by atoms with Crippen LogP contribution in [-0.4, -0.2) is 20.7 Å². The molecule has 3 rings (SSSR count). The highest BCUT2D eigenvalue weighted by Gasteiger charge is 2.10. The molecule has 0 saturated heterocycles. The van der Waals surface area contributed by atoms with Gasteiger partial charge in [-0.2, -0.15) is 5.10 Å². The van der Waals surface area contributed by atoms with Crippen molar-refractivity contribution >= 4 is 28.5 Å². The van der Waals surface area contributed by atoms with Crippen LogP contribution in [0.15, 0.2) is 36.5 Å². The zero-order valence-electron chi connectivity index (χ0n) is 15.4. The van der Waals surface area contributed by atoms with E-state index in [0.29, 0.717) is 11.7 Å². The number of hydrogen-bond acceptors (Lipinski definition) is 4. The number of aromatic nitrogens is 3. The number of carbonyl (C=O) groups excluding carboxylic acids is 1. The van der Waals surface area contributed by atoms with Gasteiger partial charge in [-0.3, -0.25) is 14.8 Å². The second-order valence-corrected chi connectivity index (χ2v) is 7.56. The lowest BCUT2D eigenvalue weighted by molar-refractivity contribution is -0.111. The summed E-state index contributed by atoms with van der Waals surface area (Å²) in [6, 6.07) is 8.44.